The quantitative estimate of drug-likeness (QED) is 0.853. The van der Waals surface area contributed by atoms with E-state index in [1.807, 2.05) is 0 Å². The van der Waals surface area contributed by atoms with Gasteiger partial charge in [-0.1, -0.05) is 19.1 Å². The van der Waals surface area contributed by atoms with Crippen molar-refractivity contribution in [3.05, 3.63) is 35.0 Å². The highest BCUT2D eigenvalue weighted by atomic mass is 16.1. The fraction of sp³-hybridized carbons (Fsp3) is 0.526. The molecule has 4 heteroatoms. The highest BCUT2D eigenvalue weighted by Crippen LogP contribution is 2.44. The number of amides is 1. The molecular formula is C19H25N3O. The molecule has 1 fully saturated rings. The van der Waals surface area contributed by atoms with Gasteiger partial charge in [-0.3, -0.25) is 9.69 Å². The van der Waals surface area contributed by atoms with Gasteiger partial charge in [-0.2, -0.15) is 0 Å². The number of rotatable bonds is 4. The topological polar surface area (TPSA) is 48.1 Å². The van der Waals surface area contributed by atoms with Gasteiger partial charge in [-0.25, -0.2) is 0 Å². The van der Waals surface area contributed by atoms with E-state index in [-0.39, 0.29) is 6.04 Å². The van der Waals surface area contributed by atoms with E-state index in [0.717, 1.165) is 38.8 Å². The van der Waals surface area contributed by atoms with E-state index in [0.29, 0.717) is 12.0 Å². The molecule has 1 aromatic heterocycles. The molecule has 0 radical (unpaired) electrons. The maximum Gasteiger partial charge on any atom is 0.207 e. The van der Waals surface area contributed by atoms with Gasteiger partial charge in [0.05, 0.1) is 0 Å². The van der Waals surface area contributed by atoms with Crippen LogP contribution in [0.15, 0.2) is 18.2 Å². The first-order chi connectivity index (χ1) is 11.2. The van der Waals surface area contributed by atoms with Crippen LogP contribution in [0.4, 0.5) is 0 Å². The maximum absolute atomic E-state index is 11.0. The fourth-order valence-corrected chi connectivity index (χ4v) is 4.83. The van der Waals surface area contributed by atoms with Crippen molar-refractivity contribution >= 4 is 17.3 Å². The molecule has 0 unspecified atom stereocenters. The zero-order valence-corrected chi connectivity index (χ0v) is 13.9. The highest BCUT2D eigenvalue weighted by molar-refractivity contribution is 5.89. The molecule has 4 rings (SSSR count). The van der Waals surface area contributed by atoms with E-state index in [1.54, 1.807) is 0 Å². The Morgan fingerprint density at radius 1 is 1.43 bits per heavy atom. The molecule has 2 heterocycles. The van der Waals surface area contributed by atoms with E-state index in [2.05, 4.69) is 47.2 Å². The van der Waals surface area contributed by atoms with Crippen molar-refractivity contribution < 1.29 is 4.79 Å². The molecule has 1 aromatic carbocycles. The molecular weight excluding hydrogens is 286 g/mol. The summed E-state index contributed by atoms with van der Waals surface area (Å²) in [5.41, 5.74) is 5.55. The zero-order valence-electron chi connectivity index (χ0n) is 13.9. The van der Waals surface area contributed by atoms with Crippen LogP contribution < -0.4 is 5.32 Å². The van der Waals surface area contributed by atoms with Crippen molar-refractivity contribution in [2.24, 2.45) is 0 Å². The number of nitrogens with zero attached hydrogens (tertiary/aromatic N) is 1. The smallest absolute Gasteiger partial charge is 0.207 e. The van der Waals surface area contributed by atoms with Crippen molar-refractivity contribution in [1.82, 2.24) is 15.2 Å². The molecule has 3 atom stereocenters. The Morgan fingerprint density at radius 3 is 3.09 bits per heavy atom. The second kappa shape index (κ2) is 5.68. The van der Waals surface area contributed by atoms with Gasteiger partial charge in [0.15, 0.2) is 0 Å². The van der Waals surface area contributed by atoms with Crippen molar-refractivity contribution in [3.8, 4) is 0 Å². The number of aryl methyl sites for hydroxylation is 1. The summed E-state index contributed by atoms with van der Waals surface area (Å²) < 4.78 is 0. The highest BCUT2D eigenvalue weighted by Gasteiger charge is 2.40. The lowest BCUT2D eigenvalue weighted by molar-refractivity contribution is -0.110. The number of likely N-dealkylation sites (tertiary alicyclic amines) is 1. The lowest BCUT2D eigenvalue weighted by Crippen LogP contribution is -2.55. The maximum atomic E-state index is 11.0. The third-order valence-electron chi connectivity index (χ3n) is 5.73. The molecule has 0 saturated carbocycles. The van der Waals surface area contributed by atoms with Gasteiger partial charge < -0.3 is 10.3 Å². The minimum Gasteiger partial charge on any atom is -0.358 e. The standard InChI is InChI=1S/C19H25N3O/c1-3-7-22-10-13(20-11-23)8-16-14-5-4-6-17-19(14)15(9-18(16)22)12(2)21-17/h4-6,11,13,16,18,21H,3,7-10H2,1-2H3,(H,20,23)/t13-,16+,18+/m0/s1. The van der Waals surface area contributed by atoms with E-state index < -0.39 is 0 Å². The van der Waals surface area contributed by atoms with Crippen LogP contribution >= 0.6 is 0 Å². The first-order valence-corrected chi connectivity index (χ1v) is 8.76. The van der Waals surface area contributed by atoms with Crippen LogP contribution in [-0.2, 0) is 11.2 Å². The van der Waals surface area contributed by atoms with Crippen LogP contribution in [0, 0.1) is 6.92 Å². The molecule has 1 aliphatic heterocycles. The van der Waals surface area contributed by atoms with E-state index in [4.69, 9.17) is 0 Å². The summed E-state index contributed by atoms with van der Waals surface area (Å²) in [5, 5.41) is 4.48. The fourth-order valence-electron chi connectivity index (χ4n) is 4.83. The van der Waals surface area contributed by atoms with Crippen molar-refractivity contribution in [1.29, 1.82) is 0 Å². The molecule has 0 bridgehead atoms. The number of fused-ring (bicyclic) bond motifs is 2. The largest absolute Gasteiger partial charge is 0.358 e. The number of piperidine rings is 1. The Hall–Kier alpha value is -1.81. The van der Waals surface area contributed by atoms with Crippen molar-refractivity contribution in [2.45, 2.75) is 51.1 Å². The van der Waals surface area contributed by atoms with Crippen LogP contribution in [0.25, 0.3) is 10.9 Å². The zero-order chi connectivity index (χ0) is 16.0. The van der Waals surface area contributed by atoms with Crippen molar-refractivity contribution in [3.63, 3.8) is 0 Å². The monoisotopic (exact) mass is 311 g/mol. The van der Waals surface area contributed by atoms with Gasteiger partial charge in [0.25, 0.3) is 0 Å². The van der Waals surface area contributed by atoms with Crippen LogP contribution in [0.5, 0.6) is 0 Å². The number of nitrogens with one attached hydrogen (secondary N) is 2. The number of hydrogen-bond donors (Lipinski definition) is 2. The van der Waals surface area contributed by atoms with Gasteiger partial charge in [-0.05, 0) is 49.9 Å². The van der Waals surface area contributed by atoms with Gasteiger partial charge in [0.2, 0.25) is 6.41 Å². The minimum absolute atomic E-state index is 0.261. The number of aromatic amines is 1. The SMILES string of the molecule is CCCN1C[C@@H](NC=O)C[C@@H]2c3cccc4[nH]c(C)c(c34)C[C@H]21. The van der Waals surface area contributed by atoms with Gasteiger partial charge >= 0.3 is 0 Å². The number of aromatic nitrogens is 1. The molecule has 4 nitrogen and oxygen atoms in total. The molecule has 2 N–H and O–H groups in total. The normalized spacial score (nSPS) is 27.0. The Balaban J connectivity index is 1.80. The summed E-state index contributed by atoms with van der Waals surface area (Å²) in [6.07, 6.45) is 4.19. The van der Waals surface area contributed by atoms with Gasteiger partial charge in [0.1, 0.15) is 0 Å². The second-order valence-electron chi connectivity index (χ2n) is 7.09. The first-order valence-electron chi connectivity index (χ1n) is 8.76. The third kappa shape index (κ3) is 2.27. The summed E-state index contributed by atoms with van der Waals surface area (Å²) >= 11 is 0. The third-order valence-corrected chi connectivity index (χ3v) is 5.73. The Kier molecular flexibility index (Phi) is 3.64. The van der Waals surface area contributed by atoms with Crippen molar-refractivity contribution in [2.75, 3.05) is 13.1 Å². The lowest BCUT2D eigenvalue weighted by Gasteiger charge is -2.47. The number of H-pyrrole nitrogens is 1. The molecule has 1 amide bonds. The molecule has 122 valence electrons. The average molecular weight is 311 g/mol. The van der Waals surface area contributed by atoms with Crippen LogP contribution in [-0.4, -0.2) is 41.5 Å². The van der Waals surface area contributed by atoms with Gasteiger partial charge in [0, 0.05) is 41.1 Å². The van der Waals surface area contributed by atoms with Crippen LogP contribution in [0.1, 0.15) is 42.5 Å². The molecule has 0 spiro atoms. The first kappa shape index (κ1) is 14.8. The summed E-state index contributed by atoms with van der Waals surface area (Å²) in [6.45, 7) is 6.51. The second-order valence-corrected chi connectivity index (χ2v) is 7.09. The molecule has 1 aliphatic carbocycles. The Labute approximate surface area is 137 Å². The number of carbonyl (C=O) groups excluding carboxylic acids is 1. The lowest BCUT2D eigenvalue weighted by atomic mass is 9.73. The molecule has 23 heavy (non-hydrogen) atoms. The van der Waals surface area contributed by atoms with E-state index in [9.17, 15) is 4.79 Å². The van der Waals surface area contributed by atoms with Crippen LogP contribution in [0.3, 0.4) is 0 Å². The molecule has 1 saturated heterocycles. The number of benzene rings is 1. The summed E-state index contributed by atoms with van der Waals surface area (Å²) in [5.74, 6) is 0.513. The Bertz CT molecular complexity index is 736. The van der Waals surface area contributed by atoms with Crippen LogP contribution in [0.2, 0.25) is 0 Å². The van der Waals surface area contributed by atoms with Gasteiger partial charge in [-0.15, -0.1) is 0 Å². The summed E-state index contributed by atoms with van der Waals surface area (Å²) in [4.78, 5) is 17.1. The molecule has 2 aromatic rings. The predicted octanol–water partition coefficient (Wildman–Crippen LogP) is 2.71. The summed E-state index contributed by atoms with van der Waals surface area (Å²) in [6, 6.07) is 7.47. The summed E-state index contributed by atoms with van der Waals surface area (Å²) in [7, 11) is 0. The minimum atomic E-state index is 0.261. The van der Waals surface area contributed by atoms with E-state index >= 15 is 0 Å². The number of hydrogen-bond acceptors (Lipinski definition) is 2. The molecule has 2 aliphatic rings. The number of carbonyl (C=O) groups is 1. The Morgan fingerprint density at radius 2 is 2.30 bits per heavy atom. The predicted molar refractivity (Wildman–Crippen MR) is 92.7 cm³/mol. The average Bonchev–Trinajstić information content (AvgIpc) is 2.86. The van der Waals surface area contributed by atoms with E-state index in [1.165, 1.54) is 27.7 Å².